The summed E-state index contributed by atoms with van der Waals surface area (Å²) in [6, 6.07) is 10.1. The minimum absolute atomic E-state index is 0.252. The second-order valence-corrected chi connectivity index (χ2v) is 6.04. The van der Waals surface area contributed by atoms with Crippen molar-refractivity contribution in [2.24, 2.45) is 0 Å². The van der Waals surface area contributed by atoms with E-state index in [2.05, 4.69) is 28.2 Å². The van der Waals surface area contributed by atoms with Gasteiger partial charge in [0.25, 0.3) is 0 Å². The zero-order valence-corrected chi connectivity index (χ0v) is 15.0. The predicted molar refractivity (Wildman–Crippen MR) is 93.4 cm³/mol. The number of methoxy groups -OCH3 is 1. The van der Waals surface area contributed by atoms with Gasteiger partial charge < -0.3 is 14.8 Å². The Morgan fingerprint density at radius 1 is 1.13 bits per heavy atom. The van der Waals surface area contributed by atoms with E-state index in [-0.39, 0.29) is 5.82 Å². The number of halogens is 2. The highest BCUT2D eigenvalue weighted by Gasteiger charge is 2.10. The van der Waals surface area contributed by atoms with Crippen LogP contribution in [-0.4, -0.2) is 13.7 Å². The number of nitrogens with one attached hydrogen (secondary N) is 1. The average molecular weight is 382 g/mol. The topological polar surface area (TPSA) is 30.5 Å². The average Bonchev–Trinajstić information content (AvgIpc) is 2.56. The Balaban J connectivity index is 2.08. The molecule has 0 aliphatic rings. The number of hydrogen-bond donors (Lipinski definition) is 1. The lowest BCUT2D eigenvalue weighted by Gasteiger charge is -2.14. The summed E-state index contributed by atoms with van der Waals surface area (Å²) < 4.78 is 25.1. The smallest absolute Gasteiger partial charge is 0.162 e. The largest absolute Gasteiger partial charge is 0.493 e. The third-order valence-corrected chi connectivity index (χ3v) is 4.12. The molecule has 0 aliphatic carbocycles. The monoisotopic (exact) mass is 381 g/mol. The van der Waals surface area contributed by atoms with Gasteiger partial charge in [-0.15, -0.1) is 0 Å². The van der Waals surface area contributed by atoms with Crippen molar-refractivity contribution in [2.75, 3.05) is 13.7 Å². The van der Waals surface area contributed by atoms with Gasteiger partial charge in [0.2, 0.25) is 0 Å². The Bertz CT molecular complexity index is 632. The van der Waals surface area contributed by atoms with Crippen LogP contribution in [-0.2, 0) is 13.2 Å². The molecule has 2 rings (SSSR count). The minimum Gasteiger partial charge on any atom is -0.493 e. The molecule has 0 spiro atoms. The first kappa shape index (κ1) is 17.8. The second kappa shape index (κ2) is 8.89. The standard InChI is InChI=1S/C18H21BrFNO2/c1-3-8-21-11-14-9-17(22-2)18(10-16(14)19)23-12-13-4-6-15(20)7-5-13/h4-7,9-10,21H,3,8,11-12H2,1-2H3. The number of hydrogen-bond acceptors (Lipinski definition) is 3. The number of benzene rings is 2. The molecular weight excluding hydrogens is 361 g/mol. The zero-order chi connectivity index (χ0) is 16.7. The van der Waals surface area contributed by atoms with Gasteiger partial charge in [0, 0.05) is 11.0 Å². The van der Waals surface area contributed by atoms with Gasteiger partial charge in [0.1, 0.15) is 12.4 Å². The van der Waals surface area contributed by atoms with E-state index in [1.165, 1.54) is 12.1 Å². The van der Waals surface area contributed by atoms with Crippen LogP contribution in [0.15, 0.2) is 40.9 Å². The molecule has 0 bridgehead atoms. The molecule has 0 atom stereocenters. The maximum Gasteiger partial charge on any atom is 0.162 e. The molecule has 0 aromatic heterocycles. The molecule has 124 valence electrons. The summed E-state index contributed by atoms with van der Waals surface area (Å²) in [7, 11) is 1.62. The van der Waals surface area contributed by atoms with E-state index < -0.39 is 0 Å². The summed E-state index contributed by atoms with van der Waals surface area (Å²) in [5, 5.41) is 3.36. The molecule has 5 heteroatoms. The molecule has 1 N–H and O–H groups in total. The van der Waals surface area contributed by atoms with Crippen LogP contribution < -0.4 is 14.8 Å². The molecular formula is C18H21BrFNO2. The molecule has 0 radical (unpaired) electrons. The number of ether oxygens (including phenoxy) is 2. The zero-order valence-electron chi connectivity index (χ0n) is 13.4. The van der Waals surface area contributed by atoms with Gasteiger partial charge in [-0.2, -0.15) is 0 Å². The number of rotatable bonds is 8. The van der Waals surface area contributed by atoms with Crippen LogP contribution in [0.5, 0.6) is 11.5 Å². The summed E-state index contributed by atoms with van der Waals surface area (Å²) in [4.78, 5) is 0. The van der Waals surface area contributed by atoms with Gasteiger partial charge in [-0.05, 0) is 48.4 Å². The first-order valence-corrected chi connectivity index (χ1v) is 8.37. The molecule has 0 amide bonds. The van der Waals surface area contributed by atoms with Crippen molar-refractivity contribution in [2.45, 2.75) is 26.5 Å². The molecule has 0 fully saturated rings. The van der Waals surface area contributed by atoms with Crippen LogP contribution in [0.3, 0.4) is 0 Å². The van der Waals surface area contributed by atoms with Gasteiger partial charge in [0.15, 0.2) is 11.5 Å². The molecule has 2 aromatic rings. The first-order chi connectivity index (χ1) is 11.1. The molecule has 0 unspecified atom stereocenters. The fourth-order valence-corrected chi connectivity index (χ4v) is 2.59. The summed E-state index contributed by atoms with van der Waals surface area (Å²) in [6.45, 7) is 4.23. The van der Waals surface area contributed by atoms with Crippen LogP contribution in [0.25, 0.3) is 0 Å². The lowest BCUT2D eigenvalue weighted by molar-refractivity contribution is 0.284. The molecule has 3 nitrogen and oxygen atoms in total. The van der Waals surface area contributed by atoms with Crippen molar-refractivity contribution in [3.8, 4) is 11.5 Å². The fraction of sp³-hybridized carbons (Fsp3) is 0.333. The SMILES string of the molecule is CCCNCc1cc(OC)c(OCc2ccc(F)cc2)cc1Br. The van der Waals surface area contributed by atoms with E-state index >= 15 is 0 Å². The van der Waals surface area contributed by atoms with Crippen molar-refractivity contribution in [1.82, 2.24) is 5.32 Å². The fourth-order valence-electron chi connectivity index (χ4n) is 2.13. The first-order valence-electron chi connectivity index (χ1n) is 7.58. The predicted octanol–water partition coefficient (Wildman–Crippen LogP) is 4.68. The molecule has 0 saturated carbocycles. The quantitative estimate of drug-likeness (QED) is 0.673. The summed E-state index contributed by atoms with van der Waals surface area (Å²) >= 11 is 3.57. The van der Waals surface area contributed by atoms with Crippen LogP contribution in [0.4, 0.5) is 4.39 Å². The highest BCUT2D eigenvalue weighted by molar-refractivity contribution is 9.10. The molecule has 0 saturated heterocycles. The van der Waals surface area contributed by atoms with Gasteiger partial charge in [-0.1, -0.05) is 35.0 Å². The summed E-state index contributed by atoms with van der Waals surface area (Å²) in [5.74, 6) is 1.09. The van der Waals surface area contributed by atoms with Crippen molar-refractivity contribution in [3.05, 3.63) is 57.8 Å². The van der Waals surface area contributed by atoms with E-state index in [0.717, 1.165) is 35.1 Å². The Morgan fingerprint density at radius 2 is 1.87 bits per heavy atom. The Labute approximate surface area is 144 Å². The van der Waals surface area contributed by atoms with Gasteiger partial charge in [-0.3, -0.25) is 0 Å². The van der Waals surface area contributed by atoms with Crippen molar-refractivity contribution < 1.29 is 13.9 Å². The molecule has 23 heavy (non-hydrogen) atoms. The van der Waals surface area contributed by atoms with Crippen molar-refractivity contribution in [3.63, 3.8) is 0 Å². The van der Waals surface area contributed by atoms with Crippen LogP contribution in [0, 0.1) is 5.82 Å². The van der Waals surface area contributed by atoms with Gasteiger partial charge in [0.05, 0.1) is 7.11 Å². The summed E-state index contributed by atoms with van der Waals surface area (Å²) in [6.07, 6.45) is 1.09. The third kappa shape index (κ3) is 5.22. The minimum atomic E-state index is -0.252. The second-order valence-electron chi connectivity index (χ2n) is 5.19. The van der Waals surface area contributed by atoms with E-state index in [1.807, 2.05) is 12.1 Å². The van der Waals surface area contributed by atoms with Crippen LogP contribution in [0.1, 0.15) is 24.5 Å². The Morgan fingerprint density at radius 3 is 2.52 bits per heavy atom. The summed E-state index contributed by atoms with van der Waals surface area (Å²) in [5.41, 5.74) is 2.02. The molecule has 0 aliphatic heterocycles. The maximum absolute atomic E-state index is 12.9. The van der Waals surface area contributed by atoms with E-state index in [4.69, 9.17) is 9.47 Å². The van der Waals surface area contributed by atoms with E-state index in [0.29, 0.717) is 18.1 Å². The van der Waals surface area contributed by atoms with Crippen LogP contribution >= 0.6 is 15.9 Å². The third-order valence-electron chi connectivity index (χ3n) is 3.38. The van der Waals surface area contributed by atoms with Gasteiger partial charge in [-0.25, -0.2) is 4.39 Å². The maximum atomic E-state index is 12.9. The molecule has 0 heterocycles. The lowest BCUT2D eigenvalue weighted by Crippen LogP contribution is -2.14. The lowest BCUT2D eigenvalue weighted by atomic mass is 10.2. The Hall–Kier alpha value is -1.59. The highest BCUT2D eigenvalue weighted by Crippen LogP contribution is 2.34. The Kier molecular flexibility index (Phi) is 6.86. The van der Waals surface area contributed by atoms with Crippen molar-refractivity contribution in [1.29, 1.82) is 0 Å². The van der Waals surface area contributed by atoms with Crippen LogP contribution in [0.2, 0.25) is 0 Å². The highest BCUT2D eigenvalue weighted by atomic mass is 79.9. The normalized spacial score (nSPS) is 10.6. The van der Waals surface area contributed by atoms with Crippen molar-refractivity contribution >= 4 is 15.9 Å². The van der Waals surface area contributed by atoms with E-state index in [9.17, 15) is 4.39 Å². The van der Waals surface area contributed by atoms with Gasteiger partial charge >= 0.3 is 0 Å². The van der Waals surface area contributed by atoms with E-state index in [1.54, 1.807) is 19.2 Å². The molecule has 2 aromatic carbocycles.